The van der Waals surface area contributed by atoms with Crippen LogP contribution in [0.4, 0.5) is 0 Å². The second-order valence-electron chi connectivity index (χ2n) is 4.02. The highest BCUT2D eigenvalue weighted by Crippen LogP contribution is 2.35. The summed E-state index contributed by atoms with van der Waals surface area (Å²) in [6.45, 7) is 4.19. The molecule has 0 atom stereocenters. The van der Waals surface area contributed by atoms with E-state index in [0.717, 1.165) is 28.0 Å². The largest absolute Gasteiger partial charge is 0.497 e. The Labute approximate surface area is 101 Å². The molecule has 3 nitrogen and oxygen atoms in total. The predicted molar refractivity (Wildman–Crippen MR) is 65.9 cm³/mol. The van der Waals surface area contributed by atoms with Gasteiger partial charge in [0.15, 0.2) is 0 Å². The van der Waals surface area contributed by atoms with Gasteiger partial charge < -0.3 is 9.47 Å². The van der Waals surface area contributed by atoms with Crippen LogP contribution < -0.4 is 4.74 Å². The highest BCUT2D eigenvalue weighted by Gasteiger charge is 2.24. The lowest BCUT2D eigenvalue weighted by Gasteiger charge is -2.03. The summed E-state index contributed by atoms with van der Waals surface area (Å²) in [5.41, 5.74) is 4.02. The van der Waals surface area contributed by atoms with E-state index in [1.807, 2.05) is 32.0 Å². The van der Waals surface area contributed by atoms with Crippen molar-refractivity contribution in [2.45, 2.75) is 20.3 Å². The van der Waals surface area contributed by atoms with Crippen LogP contribution >= 0.6 is 0 Å². The van der Waals surface area contributed by atoms with Crippen LogP contribution in [0.25, 0.3) is 5.57 Å². The van der Waals surface area contributed by atoms with Crippen LogP contribution in [0.1, 0.15) is 25.0 Å². The molecule has 2 rings (SSSR count). The van der Waals surface area contributed by atoms with Gasteiger partial charge in [-0.1, -0.05) is 6.07 Å². The van der Waals surface area contributed by atoms with Crippen molar-refractivity contribution in [3.05, 3.63) is 34.9 Å². The van der Waals surface area contributed by atoms with Gasteiger partial charge in [-0.3, -0.25) is 0 Å². The molecular weight excluding hydrogens is 216 g/mol. The standard InChI is InChI=1S/C14H16O3/c1-4-17-14(15)13-8-10-7-11(16-3)5-6-12(10)9(13)2/h5-7H,4,8H2,1-3H3. The van der Waals surface area contributed by atoms with Crippen molar-refractivity contribution in [3.63, 3.8) is 0 Å². The summed E-state index contributed by atoms with van der Waals surface area (Å²) in [6.07, 6.45) is 0.636. The van der Waals surface area contributed by atoms with Gasteiger partial charge in [-0.15, -0.1) is 0 Å². The molecule has 0 bridgehead atoms. The van der Waals surface area contributed by atoms with Crippen molar-refractivity contribution in [1.82, 2.24) is 0 Å². The molecule has 17 heavy (non-hydrogen) atoms. The molecule has 0 aliphatic heterocycles. The maximum atomic E-state index is 11.8. The third-order valence-corrected chi connectivity index (χ3v) is 3.06. The summed E-state index contributed by atoms with van der Waals surface area (Å²) in [5.74, 6) is 0.613. The lowest BCUT2D eigenvalue weighted by atomic mass is 10.1. The van der Waals surface area contributed by atoms with Gasteiger partial charge in [0.1, 0.15) is 5.75 Å². The zero-order valence-electron chi connectivity index (χ0n) is 10.4. The summed E-state index contributed by atoms with van der Waals surface area (Å²) in [5, 5.41) is 0. The van der Waals surface area contributed by atoms with E-state index in [4.69, 9.17) is 9.47 Å². The first-order valence-corrected chi connectivity index (χ1v) is 5.71. The molecule has 0 heterocycles. The fraction of sp³-hybridized carbons (Fsp3) is 0.357. The Morgan fingerprint density at radius 3 is 2.82 bits per heavy atom. The number of carbonyl (C=O) groups is 1. The van der Waals surface area contributed by atoms with E-state index < -0.39 is 0 Å². The van der Waals surface area contributed by atoms with E-state index in [1.54, 1.807) is 7.11 Å². The molecular formula is C14H16O3. The smallest absolute Gasteiger partial charge is 0.334 e. The molecule has 0 fully saturated rings. The molecule has 0 N–H and O–H groups in total. The van der Waals surface area contributed by atoms with Crippen LogP contribution in [-0.2, 0) is 16.0 Å². The Kier molecular flexibility index (Phi) is 3.18. The fourth-order valence-corrected chi connectivity index (χ4v) is 2.14. The normalized spacial score (nSPS) is 13.6. The Morgan fingerprint density at radius 2 is 2.18 bits per heavy atom. The number of esters is 1. The molecule has 0 spiro atoms. The van der Waals surface area contributed by atoms with Crippen molar-refractivity contribution in [2.24, 2.45) is 0 Å². The number of methoxy groups -OCH3 is 1. The highest BCUT2D eigenvalue weighted by atomic mass is 16.5. The molecule has 0 aromatic heterocycles. The zero-order chi connectivity index (χ0) is 12.4. The lowest BCUT2D eigenvalue weighted by Crippen LogP contribution is -2.08. The highest BCUT2D eigenvalue weighted by molar-refractivity contribution is 6.00. The summed E-state index contributed by atoms with van der Waals surface area (Å²) >= 11 is 0. The van der Waals surface area contributed by atoms with Gasteiger partial charge >= 0.3 is 5.97 Å². The molecule has 0 amide bonds. The summed E-state index contributed by atoms with van der Waals surface area (Å²) < 4.78 is 10.2. The van der Waals surface area contributed by atoms with Crippen LogP contribution in [0.2, 0.25) is 0 Å². The molecule has 1 aliphatic rings. The Bertz CT molecular complexity index is 486. The van der Waals surface area contributed by atoms with Gasteiger partial charge in [0.25, 0.3) is 0 Å². The number of fused-ring (bicyclic) bond motifs is 1. The maximum absolute atomic E-state index is 11.8. The van der Waals surface area contributed by atoms with E-state index in [-0.39, 0.29) is 5.97 Å². The minimum Gasteiger partial charge on any atom is -0.497 e. The topological polar surface area (TPSA) is 35.5 Å². The van der Waals surface area contributed by atoms with Gasteiger partial charge in [0.2, 0.25) is 0 Å². The number of ether oxygens (including phenoxy) is 2. The average Bonchev–Trinajstić information content (AvgIpc) is 2.66. The minimum atomic E-state index is -0.208. The van der Waals surface area contributed by atoms with E-state index in [9.17, 15) is 4.79 Å². The van der Waals surface area contributed by atoms with Crippen LogP contribution in [0.15, 0.2) is 23.8 Å². The summed E-state index contributed by atoms with van der Waals surface area (Å²) in [6, 6.07) is 5.89. The van der Waals surface area contributed by atoms with E-state index >= 15 is 0 Å². The van der Waals surface area contributed by atoms with E-state index in [1.165, 1.54) is 0 Å². The van der Waals surface area contributed by atoms with Crippen LogP contribution in [-0.4, -0.2) is 19.7 Å². The quantitative estimate of drug-likeness (QED) is 0.751. The Morgan fingerprint density at radius 1 is 1.41 bits per heavy atom. The first kappa shape index (κ1) is 11.7. The summed E-state index contributed by atoms with van der Waals surface area (Å²) in [7, 11) is 1.64. The lowest BCUT2D eigenvalue weighted by molar-refractivity contribution is -0.138. The monoisotopic (exact) mass is 232 g/mol. The molecule has 1 aromatic rings. The van der Waals surface area contributed by atoms with Crippen molar-refractivity contribution < 1.29 is 14.3 Å². The number of benzene rings is 1. The molecule has 3 heteroatoms. The molecule has 0 radical (unpaired) electrons. The van der Waals surface area contributed by atoms with Gasteiger partial charge in [-0.05, 0) is 42.7 Å². The number of rotatable bonds is 3. The van der Waals surface area contributed by atoms with Gasteiger partial charge in [0, 0.05) is 12.0 Å². The van der Waals surface area contributed by atoms with Crippen molar-refractivity contribution >= 4 is 11.5 Å². The maximum Gasteiger partial charge on any atom is 0.334 e. The van der Waals surface area contributed by atoms with E-state index in [2.05, 4.69) is 0 Å². The van der Waals surface area contributed by atoms with Crippen molar-refractivity contribution in [2.75, 3.05) is 13.7 Å². The average molecular weight is 232 g/mol. The molecule has 0 saturated carbocycles. The SMILES string of the molecule is CCOC(=O)C1=C(C)c2ccc(OC)cc2C1. The second-order valence-corrected chi connectivity index (χ2v) is 4.02. The number of carbonyl (C=O) groups excluding carboxylic acids is 1. The first-order valence-electron chi connectivity index (χ1n) is 5.71. The van der Waals surface area contributed by atoms with Crippen LogP contribution in [0, 0.1) is 0 Å². The van der Waals surface area contributed by atoms with Crippen LogP contribution in [0.5, 0.6) is 5.75 Å². The zero-order valence-corrected chi connectivity index (χ0v) is 10.4. The molecule has 1 aromatic carbocycles. The third kappa shape index (κ3) is 2.05. The molecule has 0 unspecified atom stereocenters. The van der Waals surface area contributed by atoms with Gasteiger partial charge in [-0.25, -0.2) is 4.79 Å². The van der Waals surface area contributed by atoms with Crippen molar-refractivity contribution in [3.8, 4) is 5.75 Å². The number of hydrogen-bond acceptors (Lipinski definition) is 3. The number of allylic oxidation sites excluding steroid dienone is 1. The van der Waals surface area contributed by atoms with Crippen molar-refractivity contribution in [1.29, 1.82) is 0 Å². The molecule has 0 saturated heterocycles. The number of hydrogen-bond donors (Lipinski definition) is 0. The minimum absolute atomic E-state index is 0.208. The van der Waals surface area contributed by atoms with Gasteiger partial charge in [0.05, 0.1) is 13.7 Å². The fourth-order valence-electron chi connectivity index (χ4n) is 2.14. The van der Waals surface area contributed by atoms with Crippen LogP contribution in [0.3, 0.4) is 0 Å². The van der Waals surface area contributed by atoms with Gasteiger partial charge in [-0.2, -0.15) is 0 Å². The Balaban J connectivity index is 2.32. The third-order valence-electron chi connectivity index (χ3n) is 3.06. The second kappa shape index (κ2) is 4.62. The first-order chi connectivity index (χ1) is 8.17. The molecule has 1 aliphatic carbocycles. The molecule has 90 valence electrons. The van der Waals surface area contributed by atoms with E-state index in [0.29, 0.717) is 13.0 Å². The summed E-state index contributed by atoms with van der Waals surface area (Å²) in [4.78, 5) is 11.8. The predicted octanol–water partition coefficient (Wildman–Crippen LogP) is 2.59. The Hall–Kier alpha value is -1.77.